The Morgan fingerprint density at radius 1 is 1.39 bits per heavy atom. The Bertz CT molecular complexity index is 581. The van der Waals surface area contributed by atoms with E-state index in [1.165, 1.54) is 0 Å². The maximum absolute atomic E-state index is 6.11. The van der Waals surface area contributed by atoms with Crippen molar-refractivity contribution < 1.29 is 4.74 Å². The predicted molar refractivity (Wildman–Crippen MR) is 73.2 cm³/mol. The largest absolute Gasteiger partial charge is 0.487 e. The van der Waals surface area contributed by atoms with E-state index in [1.807, 2.05) is 6.92 Å². The van der Waals surface area contributed by atoms with Crippen LogP contribution in [0.25, 0.3) is 0 Å². The van der Waals surface area contributed by atoms with E-state index in [0.29, 0.717) is 28.2 Å². The van der Waals surface area contributed by atoms with Gasteiger partial charge in [0.15, 0.2) is 0 Å². The Hall–Kier alpha value is -1.39. The Balaban J connectivity index is 2.19. The summed E-state index contributed by atoms with van der Waals surface area (Å²) < 4.78 is 7.24. The number of hydrogen-bond acceptors (Lipinski definition) is 3. The van der Waals surface area contributed by atoms with Crippen molar-refractivity contribution in [3.63, 3.8) is 0 Å². The normalized spacial score (nSPS) is 10.7. The summed E-state index contributed by atoms with van der Waals surface area (Å²) in [6, 6.07) is 5.10. The van der Waals surface area contributed by atoms with Crippen LogP contribution in [-0.2, 0) is 13.7 Å². The van der Waals surface area contributed by atoms with Gasteiger partial charge >= 0.3 is 0 Å². The Labute approximate surface area is 115 Å². The lowest BCUT2D eigenvalue weighted by Gasteiger charge is -2.09. The fourth-order valence-corrected chi connectivity index (χ4v) is 2.01. The van der Waals surface area contributed by atoms with Crippen molar-refractivity contribution in [2.75, 3.05) is 5.73 Å². The number of aryl methyl sites for hydroxylation is 2. The first-order chi connectivity index (χ1) is 8.49. The molecule has 0 saturated carbocycles. The Morgan fingerprint density at radius 2 is 2.11 bits per heavy atom. The minimum atomic E-state index is 0.309. The molecule has 0 radical (unpaired) electrons. The van der Waals surface area contributed by atoms with Crippen molar-refractivity contribution in [1.29, 1.82) is 0 Å². The molecule has 0 spiro atoms. The van der Waals surface area contributed by atoms with Gasteiger partial charge in [0.05, 0.1) is 11.4 Å². The van der Waals surface area contributed by atoms with Gasteiger partial charge in [-0.3, -0.25) is 4.68 Å². The number of aromatic nitrogens is 2. The Kier molecular flexibility index (Phi) is 3.68. The summed E-state index contributed by atoms with van der Waals surface area (Å²) in [5, 5.41) is 5.35. The highest BCUT2D eigenvalue weighted by molar-refractivity contribution is 6.31. The lowest BCUT2D eigenvalue weighted by atomic mass is 10.2. The molecule has 0 atom stereocenters. The van der Waals surface area contributed by atoms with Crippen molar-refractivity contribution >= 4 is 28.9 Å². The topological polar surface area (TPSA) is 53.1 Å². The van der Waals surface area contributed by atoms with E-state index in [0.717, 1.165) is 11.3 Å². The van der Waals surface area contributed by atoms with Crippen molar-refractivity contribution in [2.24, 2.45) is 7.05 Å². The standard InChI is InChI=1S/C12H13Cl2N3O/c1-7-9(12(14)17(2)16-7)6-18-11-5-8(13)3-4-10(11)15/h3-5H,6,15H2,1-2H3. The molecule has 0 amide bonds. The van der Waals surface area contributed by atoms with E-state index in [4.69, 9.17) is 33.7 Å². The summed E-state index contributed by atoms with van der Waals surface area (Å²) in [7, 11) is 1.78. The summed E-state index contributed by atoms with van der Waals surface area (Å²) in [4.78, 5) is 0. The number of rotatable bonds is 3. The second-order valence-electron chi connectivity index (χ2n) is 3.95. The zero-order chi connectivity index (χ0) is 13.3. The lowest BCUT2D eigenvalue weighted by Crippen LogP contribution is -2.00. The molecule has 0 bridgehead atoms. The molecule has 0 aliphatic carbocycles. The molecule has 4 nitrogen and oxygen atoms in total. The number of hydrogen-bond donors (Lipinski definition) is 1. The van der Waals surface area contributed by atoms with Crippen LogP contribution in [0, 0.1) is 6.92 Å². The van der Waals surface area contributed by atoms with Gasteiger partial charge in [-0.1, -0.05) is 23.2 Å². The Morgan fingerprint density at radius 3 is 2.72 bits per heavy atom. The first-order valence-electron chi connectivity index (χ1n) is 5.35. The molecule has 0 aliphatic rings. The zero-order valence-electron chi connectivity index (χ0n) is 10.1. The first kappa shape index (κ1) is 13.1. The van der Waals surface area contributed by atoms with E-state index in [9.17, 15) is 0 Å². The van der Waals surface area contributed by atoms with E-state index < -0.39 is 0 Å². The van der Waals surface area contributed by atoms with Crippen molar-refractivity contribution in [3.05, 3.63) is 39.6 Å². The summed E-state index contributed by atoms with van der Waals surface area (Å²) in [5.41, 5.74) is 8.02. The van der Waals surface area contributed by atoms with E-state index in [2.05, 4.69) is 5.10 Å². The zero-order valence-corrected chi connectivity index (χ0v) is 11.6. The van der Waals surface area contributed by atoms with E-state index in [1.54, 1.807) is 29.9 Å². The SMILES string of the molecule is Cc1nn(C)c(Cl)c1COc1cc(Cl)ccc1N. The second kappa shape index (κ2) is 5.08. The first-order valence-corrected chi connectivity index (χ1v) is 6.10. The third-order valence-corrected chi connectivity index (χ3v) is 3.33. The second-order valence-corrected chi connectivity index (χ2v) is 4.74. The van der Waals surface area contributed by atoms with Gasteiger partial charge in [0, 0.05) is 23.7 Å². The number of nitrogens with zero attached hydrogens (tertiary/aromatic N) is 2. The molecule has 96 valence electrons. The monoisotopic (exact) mass is 285 g/mol. The van der Waals surface area contributed by atoms with Crippen LogP contribution < -0.4 is 10.5 Å². The molecule has 1 aromatic heterocycles. The van der Waals surface area contributed by atoms with Gasteiger partial charge < -0.3 is 10.5 Å². The number of anilines is 1. The molecule has 18 heavy (non-hydrogen) atoms. The molecule has 0 fully saturated rings. The van der Waals surface area contributed by atoms with Gasteiger partial charge in [0.1, 0.15) is 17.5 Å². The summed E-state index contributed by atoms with van der Waals surface area (Å²) in [6.45, 7) is 2.19. The van der Waals surface area contributed by atoms with Gasteiger partial charge in [-0.05, 0) is 19.1 Å². The molecule has 6 heteroatoms. The molecule has 2 aromatic rings. The average Bonchev–Trinajstić information content (AvgIpc) is 2.55. The van der Waals surface area contributed by atoms with Crippen LogP contribution in [0.4, 0.5) is 5.69 Å². The average molecular weight is 286 g/mol. The van der Waals surface area contributed by atoms with Crippen LogP contribution in [0.3, 0.4) is 0 Å². The molecule has 2 N–H and O–H groups in total. The highest BCUT2D eigenvalue weighted by Crippen LogP contribution is 2.27. The van der Waals surface area contributed by atoms with Gasteiger partial charge in [-0.2, -0.15) is 5.10 Å². The quantitative estimate of drug-likeness (QED) is 0.881. The van der Waals surface area contributed by atoms with Gasteiger partial charge in [-0.25, -0.2) is 0 Å². The number of halogens is 2. The summed E-state index contributed by atoms with van der Waals surface area (Å²) >= 11 is 12.0. The highest BCUT2D eigenvalue weighted by atomic mass is 35.5. The van der Waals surface area contributed by atoms with E-state index >= 15 is 0 Å². The minimum Gasteiger partial charge on any atom is -0.487 e. The molecule has 1 aromatic carbocycles. The van der Waals surface area contributed by atoms with E-state index in [-0.39, 0.29) is 0 Å². The third kappa shape index (κ3) is 2.54. The number of benzene rings is 1. The van der Waals surface area contributed by atoms with Gasteiger partial charge in [0.2, 0.25) is 0 Å². The smallest absolute Gasteiger partial charge is 0.144 e. The van der Waals surface area contributed by atoms with Gasteiger partial charge in [0.25, 0.3) is 0 Å². The van der Waals surface area contributed by atoms with Crippen LogP contribution >= 0.6 is 23.2 Å². The summed E-state index contributed by atoms with van der Waals surface area (Å²) in [5.74, 6) is 0.543. The molecule has 2 rings (SSSR count). The molecular weight excluding hydrogens is 273 g/mol. The van der Waals surface area contributed by atoms with Crippen LogP contribution in [0.5, 0.6) is 5.75 Å². The van der Waals surface area contributed by atoms with Crippen LogP contribution in [0.2, 0.25) is 10.2 Å². The summed E-state index contributed by atoms with van der Waals surface area (Å²) in [6.07, 6.45) is 0. The lowest BCUT2D eigenvalue weighted by molar-refractivity contribution is 0.307. The highest BCUT2D eigenvalue weighted by Gasteiger charge is 2.12. The number of nitrogens with two attached hydrogens (primary N) is 1. The minimum absolute atomic E-state index is 0.309. The number of ether oxygens (including phenoxy) is 1. The van der Waals surface area contributed by atoms with Crippen LogP contribution in [0.1, 0.15) is 11.3 Å². The third-order valence-electron chi connectivity index (χ3n) is 2.62. The molecular formula is C12H13Cl2N3O. The van der Waals surface area contributed by atoms with Crippen molar-refractivity contribution in [2.45, 2.75) is 13.5 Å². The predicted octanol–water partition coefficient (Wildman–Crippen LogP) is 3.20. The maximum Gasteiger partial charge on any atom is 0.144 e. The molecule has 0 unspecified atom stereocenters. The fraction of sp³-hybridized carbons (Fsp3) is 0.250. The van der Waals surface area contributed by atoms with Gasteiger partial charge in [-0.15, -0.1) is 0 Å². The maximum atomic E-state index is 6.11. The van der Waals surface area contributed by atoms with Crippen molar-refractivity contribution in [1.82, 2.24) is 9.78 Å². The van der Waals surface area contributed by atoms with Crippen molar-refractivity contribution in [3.8, 4) is 5.75 Å². The molecule has 1 heterocycles. The van der Waals surface area contributed by atoms with Crippen LogP contribution in [-0.4, -0.2) is 9.78 Å². The number of nitrogen functional groups attached to an aromatic ring is 1. The fourth-order valence-electron chi connectivity index (χ4n) is 1.62. The molecule has 0 aliphatic heterocycles. The molecule has 0 saturated heterocycles. The van der Waals surface area contributed by atoms with Crippen LogP contribution in [0.15, 0.2) is 18.2 Å².